The Morgan fingerprint density at radius 1 is 1.21 bits per heavy atom. The maximum atomic E-state index is 9.73. The van der Waals surface area contributed by atoms with E-state index in [1.165, 1.54) is 0 Å². The minimum Gasteiger partial charge on any atom is -0.504 e. The van der Waals surface area contributed by atoms with Crippen molar-refractivity contribution >= 4 is 26.8 Å². The van der Waals surface area contributed by atoms with E-state index in [0.717, 1.165) is 16.8 Å². The molecule has 1 heterocycles. The molecule has 14 heavy (non-hydrogen) atoms. The summed E-state index contributed by atoms with van der Waals surface area (Å²) in [5.74, 6) is -0.184. The first-order valence-electron chi connectivity index (χ1n) is 4.21. The van der Waals surface area contributed by atoms with Crippen LogP contribution < -0.4 is 0 Å². The third kappa shape index (κ3) is 1.10. The lowest BCUT2D eigenvalue weighted by atomic mass is 10.1. The van der Waals surface area contributed by atoms with Gasteiger partial charge in [0, 0.05) is 11.1 Å². The highest BCUT2D eigenvalue weighted by Gasteiger charge is 2.14. The summed E-state index contributed by atoms with van der Waals surface area (Å²) < 4.78 is 0.490. The van der Waals surface area contributed by atoms with Crippen LogP contribution in [0.25, 0.3) is 10.9 Å². The van der Waals surface area contributed by atoms with Gasteiger partial charge in [-0.2, -0.15) is 0 Å². The number of aromatic nitrogens is 1. The van der Waals surface area contributed by atoms with Crippen molar-refractivity contribution in [3.8, 4) is 11.5 Å². The summed E-state index contributed by atoms with van der Waals surface area (Å²) in [6.45, 7) is 3.83. The molecule has 0 unspecified atom stereocenters. The normalized spacial score (nSPS) is 11.1. The van der Waals surface area contributed by atoms with Gasteiger partial charge in [-0.3, -0.25) is 0 Å². The molecule has 74 valence electrons. The van der Waals surface area contributed by atoms with Crippen LogP contribution >= 0.6 is 15.9 Å². The van der Waals surface area contributed by atoms with E-state index in [2.05, 4.69) is 20.9 Å². The second-order valence-corrected chi connectivity index (χ2v) is 4.21. The second-order valence-electron chi connectivity index (χ2n) is 3.35. The van der Waals surface area contributed by atoms with Crippen molar-refractivity contribution in [1.29, 1.82) is 0 Å². The zero-order valence-electron chi connectivity index (χ0n) is 7.85. The van der Waals surface area contributed by atoms with Crippen LogP contribution in [0.4, 0.5) is 0 Å². The van der Waals surface area contributed by atoms with Crippen molar-refractivity contribution in [3.63, 3.8) is 0 Å². The van der Waals surface area contributed by atoms with Gasteiger partial charge in [-0.1, -0.05) is 0 Å². The summed E-state index contributed by atoms with van der Waals surface area (Å²) in [6.07, 6.45) is 0. The third-order valence-electron chi connectivity index (χ3n) is 2.49. The lowest BCUT2D eigenvalue weighted by Gasteiger charge is -2.02. The van der Waals surface area contributed by atoms with Crippen LogP contribution in [0.5, 0.6) is 11.5 Å². The SMILES string of the molecule is Cc1[nH]c2cc(Br)c(O)c(O)c2c1C. The Kier molecular flexibility index (Phi) is 1.96. The van der Waals surface area contributed by atoms with Crippen LogP contribution in [-0.2, 0) is 0 Å². The van der Waals surface area contributed by atoms with Gasteiger partial charge in [-0.15, -0.1) is 0 Å². The molecule has 0 saturated carbocycles. The first kappa shape index (κ1) is 9.40. The molecule has 0 amide bonds. The Hall–Kier alpha value is -1.16. The van der Waals surface area contributed by atoms with E-state index in [1.54, 1.807) is 6.07 Å². The van der Waals surface area contributed by atoms with Crippen molar-refractivity contribution in [2.75, 3.05) is 0 Å². The van der Waals surface area contributed by atoms with Crippen molar-refractivity contribution < 1.29 is 10.2 Å². The van der Waals surface area contributed by atoms with Crippen molar-refractivity contribution in [1.82, 2.24) is 4.98 Å². The number of hydrogen-bond donors (Lipinski definition) is 3. The molecular weight excluding hydrogens is 246 g/mol. The number of nitrogens with one attached hydrogen (secondary N) is 1. The molecule has 0 saturated heterocycles. The van der Waals surface area contributed by atoms with E-state index in [4.69, 9.17) is 0 Å². The molecule has 0 spiro atoms. The van der Waals surface area contributed by atoms with E-state index >= 15 is 0 Å². The fourth-order valence-corrected chi connectivity index (χ4v) is 2.00. The number of H-pyrrole nitrogens is 1. The Morgan fingerprint density at radius 3 is 2.50 bits per heavy atom. The molecule has 0 aliphatic carbocycles. The number of hydrogen-bond acceptors (Lipinski definition) is 2. The molecule has 1 aromatic heterocycles. The maximum Gasteiger partial charge on any atom is 0.172 e. The minimum absolute atomic E-state index is 0.0729. The summed E-state index contributed by atoms with van der Waals surface area (Å²) in [5, 5.41) is 19.9. The van der Waals surface area contributed by atoms with Crippen LogP contribution in [0, 0.1) is 13.8 Å². The summed E-state index contributed by atoms with van der Waals surface area (Å²) in [5.41, 5.74) is 2.77. The van der Waals surface area contributed by atoms with Crippen LogP contribution in [0.1, 0.15) is 11.3 Å². The summed E-state index contributed by atoms with van der Waals surface area (Å²) in [4.78, 5) is 3.13. The minimum atomic E-state index is -0.111. The number of aryl methyl sites for hydroxylation is 2. The van der Waals surface area contributed by atoms with Gasteiger partial charge in [-0.05, 0) is 41.4 Å². The molecule has 1 aromatic carbocycles. The van der Waals surface area contributed by atoms with E-state index in [0.29, 0.717) is 9.86 Å². The van der Waals surface area contributed by atoms with Crippen LogP contribution in [-0.4, -0.2) is 15.2 Å². The van der Waals surface area contributed by atoms with Gasteiger partial charge >= 0.3 is 0 Å². The summed E-state index contributed by atoms with van der Waals surface area (Å²) in [7, 11) is 0. The number of aromatic amines is 1. The summed E-state index contributed by atoms with van der Waals surface area (Å²) >= 11 is 3.17. The number of fused-ring (bicyclic) bond motifs is 1. The van der Waals surface area contributed by atoms with Crippen LogP contribution in [0.15, 0.2) is 10.5 Å². The van der Waals surface area contributed by atoms with Gasteiger partial charge in [0.15, 0.2) is 11.5 Å². The van der Waals surface area contributed by atoms with Gasteiger partial charge < -0.3 is 15.2 Å². The molecule has 0 aliphatic heterocycles. The standard InChI is InChI=1S/C10H10BrNO2/c1-4-5(2)12-7-3-6(11)9(13)10(14)8(4)7/h3,12-14H,1-2H3. The molecule has 0 radical (unpaired) electrons. The van der Waals surface area contributed by atoms with Crippen molar-refractivity contribution in [2.24, 2.45) is 0 Å². The molecule has 0 aliphatic rings. The highest BCUT2D eigenvalue weighted by atomic mass is 79.9. The highest BCUT2D eigenvalue weighted by molar-refractivity contribution is 9.10. The number of phenols is 2. The number of aromatic hydroxyl groups is 2. The Balaban J connectivity index is 2.99. The second kappa shape index (κ2) is 2.92. The van der Waals surface area contributed by atoms with Gasteiger partial charge in [-0.25, -0.2) is 0 Å². The molecule has 4 heteroatoms. The van der Waals surface area contributed by atoms with Gasteiger partial charge in [0.2, 0.25) is 0 Å². The lowest BCUT2D eigenvalue weighted by Crippen LogP contribution is -1.76. The number of rotatable bonds is 0. The average Bonchev–Trinajstić information content (AvgIpc) is 2.39. The monoisotopic (exact) mass is 255 g/mol. The quantitative estimate of drug-likeness (QED) is 0.634. The lowest BCUT2D eigenvalue weighted by molar-refractivity contribution is 0.406. The van der Waals surface area contributed by atoms with E-state index in [-0.39, 0.29) is 11.5 Å². The fourth-order valence-electron chi connectivity index (χ4n) is 1.59. The Bertz CT molecular complexity index is 517. The Morgan fingerprint density at radius 2 is 1.86 bits per heavy atom. The zero-order chi connectivity index (χ0) is 10.5. The van der Waals surface area contributed by atoms with Crippen LogP contribution in [0.2, 0.25) is 0 Å². The van der Waals surface area contributed by atoms with E-state index in [1.807, 2.05) is 13.8 Å². The molecule has 2 rings (SSSR count). The van der Waals surface area contributed by atoms with Crippen molar-refractivity contribution in [2.45, 2.75) is 13.8 Å². The first-order valence-corrected chi connectivity index (χ1v) is 5.01. The Labute approximate surface area is 89.5 Å². The molecule has 0 bridgehead atoms. The topological polar surface area (TPSA) is 56.2 Å². The fraction of sp³-hybridized carbons (Fsp3) is 0.200. The first-order chi connectivity index (χ1) is 6.52. The third-order valence-corrected chi connectivity index (χ3v) is 3.09. The largest absolute Gasteiger partial charge is 0.504 e. The zero-order valence-corrected chi connectivity index (χ0v) is 9.44. The average molecular weight is 256 g/mol. The van der Waals surface area contributed by atoms with Gasteiger partial charge in [0.25, 0.3) is 0 Å². The molecular formula is C10H10BrNO2. The predicted octanol–water partition coefficient (Wildman–Crippen LogP) is 2.96. The maximum absolute atomic E-state index is 9.73. The molecule has 0 atom stereocenters. The number of benzene rings is 1. The van der Waals surface area contributed by atoms with E-state index < -0.39 is 0 Å². The highest BCUT2D eigenvalue weighted by Crippen LogP contribution is 2.41. The predicted molar refractivity (Wildman–Crippen MR) is 58.8 cm³/mol. The molecule has 2 aromatic rings. The van der Waals surface area contributed by atoms with E-state index in [9.17, 15) is 10.2 Å². The molecule has 3 nitrogen and oxygen atoms in total. The van der Waals surface area contributed by atoms with Gasteiger partial charge in [0.05, 0.1) is 9.99 Å². The van der Waals surface area contributed by atoms with Crippen LogP contribution in [0.3, 0.4) is 0 Å². The number of halogens is 1. The van der Waals surface area contributed by atoms with Gasteiger partial charge in [0.1, 0.15) is 0 Å². The molecule has 0 fully saturated rings. The summed E-state index contributed by atoms with van der Waals surface area (Å²) in [6, 6.07) is 1.75. The molecule has 3 N–H and O–H groups in total. The number of phenolic OH excluding ortho intramolecular Hbond substituents is 2. The smallest absolute Gasteiger partial charge is 0.172 e. The van der Waals surface area contributed by atoms with Crippen molar-refractivity contribution in [3.05, 3.63) is 21.8 Å².